The number of anilines is 1. The molecule has 0 bridgehead atoms. The first kappa shape index (κ1) is 15.1. The topological polar surface area (TPSA) is 41.1 Å². The van der Waals surface area contributed by atoms with E-state index in [4.69, 9.17) is 0 Å². The van der Waals surface area contributed by atoms with E-state index in [9.17, 15) is 4.79 Å². The van der Waals surface area contributed by atoms with Crippen molar-refractivity contribution in [3.8, 4) is 0 Å². The molecule has 1 aromatic carbocycles. The van der Waals surface area contributed by atoms with E-state index >= 15 is 0 Å². The van der Waals surface area contributed by atoms with Crippen molar-refractivity contribution in [1.82, 2.24) is 4.72 Å². The zero-order valence-corrected chi connectivity index (χ0v) is 14.4. The second-order valence-electron chi connectivity index (χ2n) is 7.07. The smallest absolute Gasteiger partial charge is 0.307 e. The number of amides is 2. The van der Waals surface area contributed by atoms with Crippen LogP contribution in [0.3, 0.4) is 0 Å². The van der Waals surface area contributed by atoms with E-state index in [1.165, 1.54) is 47.9 Å². The van der Waals surface area contributed by atoms with Gasteiger partial charge in [0.2, 0.25) is 0 Å². The van der Waals surface area contributed by atoms with Crippen LogP contribution >= 0.6 is 11.9 Å². The summed E-state index contributed by atoms with van der Waals surface area (Å²) in [6.45, 7) is 3.82. The third-order valence-corrected chi connectivity index (χ3v) is 6.69. The lowest BCUT2D eigenvalue weighted by molar-refractivity contribution is 0.257. The fourth-order valence-corrected chi connectivity index (χ4v) is 4.88. The van der Waals surface area contributed by atoms with Crippen LogP contribution in [0.4, 0.5) is 10.5 Å². The molecular formula is C19H24N2OS. The summed E-state index contributed by atoms with van der Waals surface area (Å²) in [7, 11) is 0. The van der Waals surface area contributed by atoms with Crippen LogP contribution in [-0.2, 0) is 25.7 Å². The second kappa shape index (κ2) is 5.90. The highest BCUT2D eigenvalue weighted by Crippen LogP contribution is 2.50. The Hall–Kier alpha value is -1.42. The molecule has 122 valence electrons. The molecule has 0 radical (unpaired) electrons. The number of hydrogen-bond donors (Lipinski definition) is 2. The van der Waals surface area contributed by atoms with Gasteiger partial charge in [0.25, 0.3) is 0 Å². The minimum absolute atomic E-state index is 0.0697. The molecule has 1 fully saturated rings. The van der Waals surface area contributed by atoms with Gasteiger partial charge in [-0.1, -0.05) is 12.1 Å². The molecule has 0 heterocycles. The van der Waals surface area contributed by atoms with E-state index in [-0.39, 0.29) is 10.8 Å². The Morgan fingerprint density at radius 2 is 1.83 bits per heavy atom. The van der Waals surface area contributed by atoms with Gasteiger partial charge < -0.3 is 5.32 Å². The molecule has 0 atom stereocenters. The fraction of sp³-hybridized carbons (Fsp3) is 0.526. The van der Waals surface area contributed by atoms with Crippen molar-refractivity contribution in [3.63, 3.8) is 0 Å². The fourth-order valence-electron chi connectivity index (χ4n) is 4.01. The molecule has 23 heavy (non-hydrogen) atoms. The van der Waals surface area contributed by atoms with Gasteiger partial charge >= 0.3 is 6.03 Å². The van der Waals surface area contributed by atoms with E-state index in [1.54, 1.807) is 11.9 Å². The number of urea groups is 1. The maximum Gasteiger partial charge on any atom is 0.329 e. The molecule has 2 N–H and O–H groups in total. The highest BCUT2D eigenvalue weighted by atomic mass is 32.2. The summed E-state index contributed by atoms with van der Waals surface area (Å²) in [5.41, 5.74) is 6.81. The SMILES string of the molecule is C=CCC1(SNC(=O)Nc2c3c(cc4c2CCC4)CCC3)CC1. The first-order valence-electron chi connectivity index (χ1n) is 8.73. The van der Waals surface area contributed by atoms with E-state index in [2.05, 4.69) is 22.7 Å². The molecule has 4 heteroatoms. The Kier molecular flexibility index (Phi) is 3.88. The van der Waals surface area contributed by atoms with E-state index in [1.807, 2.05) is 6.08 Å². The Morgan fingerprint density at radius 3 is 2.39 bits per heavy atom. The zero-order valence-electron chi connectivity index (χ0n) is 13.5. The van der Waals surface area contributed by atoms with Crippen molar-refractivity contribution >= 4 is 23.7 Å². The molecule has 0 saturated heterocycles. The largest absolute Gasteiger partial charge is 0.329 e. The molecule has 3 aliphatic rings. The van der Waals surface area contributed by atoms with Crippen LogP contribution in [-0.4, -0.2) is 10.8 Å². The molecule has 4 rings (SSSR count). The van der Waals surface area contributed by atoms with Crippen LogP contribution in [0, 0.1) is 0 Å². The van der Waals surface area contributed by atoms with Crippen LogP contribution in [0.25, 0.3) is 0 Å². The molecule has 3 aliphatic carbocycles. The van der Waals surface area contributed by atoms with Gasteiger partial charge in [-0.25, -0.2) is 4.79 Å². The Balaban J connectivity index is 1.48. The van der Waals surface area contributed by atoms with Crippen molar-refractivity contribution in [1.29, 1.82) is 0 Å². The number of fused-ring (bicyclic) bond motifs is 2. The van der Waals surface area contributed by atoms with Gasteiger partial charge in [-0.3, -0.25) is 4.72 Å². The molecule has 3 nitrogen and oxygen atoms in total. The minimum atomic E-state index is -0.0697. The Bertz CT molecular complexity index is 632. The molecule has 2 amide bonds. The first-order chi connectivity index (χ1) is 11.2. The van der Waals surface area contributed by atoms with Crippen LogP contribution in [0.15, 0.2) is 18.7 Å². The van der Waals surface area contributed by atoms with E-state index in [0.717, 1.165) is 37.8 Å². The van der Waals surface area contributed by atoms with Gasteiger partial charge in [-0.05, 0) is 92.0 Å². The second-order valence-corrected chi connectivity index (χ2v) is 8.34. The molecule has 0 aliphatic heterocycles. The van der Waals surface area contributed by atoms with Gasteiger partial charge in [0.15, 0.2) is 0 Å². The summed E-state index contributed by atoms with van der Waals surface area (Å²) in [6.07, 6.45) is 12.2. The average Bonchev–Trinajstić information content (AvgIpc) is 2.96. The molecular weight excluding hydrogens is 304 g/mol. The van der Waals surface area contributed by atoms with Crippen molar-refractivity contribution in [3.05, 3.63) is 41.0 Å². The minimum Gasteiger partial charge on any atom is -0.307 e. The van der Waals surface area contributed by atoms with Gasteiger partial charge in [-0.15, -0.1) is 6.58 Å². The van der Waals surface area contributed by atoms with Crippen LogP contribution in [0.1, 0.15) is 54.4 Å². The lowest BCUT2D eigenvalue weighted by Crippen LogP contribution is -2.27. The zero-order chi connectivity index (χ0) is 15.9. The maximum absolute atomic E-state index is 12.4. The third-order valence-electron chi connectivity index (χ3n) is 5.40. The predicted molar refractivity (Wildman–Crippen MR) is 97.0 cm³/mol. The van der Waals surface area contributed by atoms with Gasteiger partial charge in [0.05, 0.1) is 0 Å². The quantitative estimate of drug-likeness (QED) is 0.615. The number of aryl methyl sites for hydroxylation is 2. The van der Waals surface area contributed by atoms with Crippen LogP contribution in [0.5, 0.6) is 0 Å². The monoisotopic (exact) mass is 328 g/mol. The third kappa shape index (κ3) is 2.89. The Morgan fingerprint density at radius 1 is 1.17 bits per heavy atom. The molecule has 0 spiro atoms. The predicted octanol–water partition coefficient (Wildman–Crippen LogP) is 4.54. The van der Waals surface area contributed by atoms with Crippen LogP contribution in [0.2, 0.25) is 0 Å². The standard InChI is InChI=1S/C19H24N2OS/c1-2-9-19(10-11-19)23-21-18(22)20-17-15-7-3-5-13(15)12-14-6-4-8-16(14)17/h2,12H,1,3-11H2,(H2,20,21,22). The number of allylic oxidation sites excluding steroid dienone is 1. The Labute approximate surface area is 142 Å². The summed E-state index contributed by atoms with van der Waals surface area (Å²) in [5.74, 6) is 0. The molecule has 0 unspecified atom stereocenters. The van der Waals surface area contributed by atoms with Crippen molar-refractivity contribution in [2.75, 3.05) is 5.32 Å². The number of carbonyl (C=O) groups excluding carboxylic acids is 1. The molecule has 1 saturated carbocycles. The van der Waals surface area contributed by atoms with Gasteiger partial charge in [0, 0.05) is 10.4 Å². The summed E-state index contributed by atoms with van der Waals surface area (Å²) in [4.78, 5) is 12.4. The molecule has 1 aromatic rings. The van der Waals surface area contributed by atoms with E-state index in [0.29, 0.717) is 0 Å². The van der Waals surface area contributed by atoms with Gasteiger partial charge in [-0.2, -0.15) is 0 Å². The lowest BCUT2D eigenvalue weighted by atomic mass is 9.99. The highest BCUT2D eigenvalue weighted by molar-refractivity contribution is 7.99. The van der Waals surface area contributed by atoms with E-state index < -0.39 is 0 Å². The summed E-state index contributed by atoms with van der Waals surface area (Å²) < 4.78 is 3.23. The summed E-state index contributed by atoms with van der Waals surface area (Å²) >= 11 is 1.58. The number of nitrogens with one attached hydrogen (secondary N) is 2. The lowest BCUT2D eigenvalue weighted by Gasteiger charge is -2.18. The maximum atomic E-state index is 12.4. The normalized spacial score (nSPS) is 19.8. The average molecular weight is 328 g/mol. The van der Waals surface area contributed by atoms with Gasteiger partial charge in [0.1, 0.15) is 0 Å². The summed E-state index contributed by atoms with van der Waals surface area (Å²) in [5, 5.41) is 3.19. The number of carbonyl (C=O) groups is 1. The van der Waals surface area contributed by atoms with Crippen molar-refractivity contribution < 1.29 is 4.79 Å². The van der Waals surface area contributed by atoms with Crippen molar-refractivity contribution in [2.24, 2.45) is 0 Å². The summed E-state index contributed by atoms with van der Waals surface area (Å²) in [6, 6.07) is 2.32. The number of rotatable bonds is 5. The highest BCUT2D eigenvalue weighted by Gasteiger charge is 2.43. The molecule has 0 aromatic heterocycles. The number of benzene rings is 1. The first-order valence-corrected chi connectivity index (χ1v) is 9.55. The van der Waals surface area contributed by atoms with Crippen molar-refractivity contribution in [2.45, 2.75) is 62.5 Å². The van der Waals surface area contributed by atoms with Crippen LogP contribution < -0.4 is 10.0 Å². The number of hydrogen-bond acceptors (Lipinski definition) is 2.